The summed E-state index contributed by atoms with van der Waals surface area (Å²) in [6, 6.07) is 0. The number of hydrogen-bond donors (Lipinski definition) is 0. The lowest BCUT2D eigenvalue weighted by Gasteiger charge is -1.98. The zero-order valence-electron chi connectivity index (χ0n) is 6.50. The lowest BCUT2D eigenvalue weighted by molar-refractivity contribution is 0.638. The second-order valence-corrected chi connectivity index (χ2v) is 4.77. The monoisotopic (exact) mass is 190 g/mol. The Hall–Kier alpha value is 0.320. The number of alkyl halides is 2. The summed E-state index contributed by atoms with van der Waals surface area (Å²) < 4.78 is -0.496. The molecule has 2 aliphatic carbocycles. The summed E-state index contributed by atoms with van der Waals surface area (Å²) in [5.41, 5.74) is 2.67. The molecule has 0 bridgehead atoms. The molecule has 0 saturated heterocycles. The minimum absolute atomic E-state index is 0.496. The van der Waals surface area contributed by atoms with E-state index in [1.165, 1.54) is 36.8 Å². The average molecular weight is 191 g/mol. The summed E-state index contributed by atoms with van der Waals surface area (Å²) in [5, 5.41) is 0. The Balaban J connectivity index is 2.05. The molecule has 0 unspecified atom stereocenters. The van der Waals surface area contributed by atoms with Gasteiger partial charge in [-0.25, -0.2) is 0 Å². The molecule has 2 aliphatic rings. The SMILES string of the molecule is ClC1(Cl)C2=C1CCCCCC2. The van der Waals surface area contributed by atoms with Gasteiger partial charge in [0.2, 0.25) is 0 Å². The van der Waals surface area contributed by atoms with Gasteiger partial charge in [-0.2, -0.15) is 0 Å². The van der Waals surface area contributed by atoms with E-state index < -0.39 is 4.33 Å². The smallest absolute Gasteiger partial charge is 0.0916 e. The predicted octanol–water partition coefficient (Wildman–Crippen LogP) is 3.82. The summed E-state index contributed by atoms with van der Waals surface area (Å²) in [7, 11) is 0. The van der Waals surface area contributed by atoms with E-state index in [0.717, 1.165) is 12.8 Å². The van der Waals surface area contributed by atoms with Gasteiger partial charge in [-0.05, 0) is 36.8 Å². The number of rotatable bonds is 0. The molecular formula is C9H12Cl2. The van der Waals surface area contributed by atoms with Crippen molar-refractivity contribution in [2.45, 2.75) is 42.9 Å². The Morgan fingerprint density at radius 3 is 1.73 bits per heavy atom. The molecule has 2 rings (SSSR count). The normalized spacial score (nSPS) is 28.9. The molecule has 62 valence electrons. The molecule has 2 heteroatoms. The van der Waals surface area contributed by atoms with Crippen LogP contribution < -0.4 is 0 Å². The van der Waals surface area contributed by atoms with Crippen molar-refractivity contribution in [2.75, 3.05) is 0 Å². The molecule has 11 heavy (non-hydrogen) atoms. The maximum Gasteiger partial charge on any atom is 0.160 e. The van der Waals surface area contributed by atoms with Gasteiger partial charge in [-0.1, -0.05) is 36.0 Å². The third-order valence-corrected chi connectivity index (χ3v) is 3.58. The second-order valence-electron chi connectivity index (χ2n) is 3.45. The minimum Gasteiger partial charge on any atom is -0.0916 e. The first kappa shape index (κ1) is 7.94. The van der Waals surface area contributed by atoms with Crippen molar-refractivity contribution in [2.24, 2.45) is 0 Å². The molecule has 0 aliphatic heterocycles. The van der Waals surface area contributed by atoms with Crippen molar-refractivity contribution >= 4 is 23.2 Å². The molecule has 0 aromatic rings. The highest BCUT2D eigenvalue weighted by atomic mass is 35.5. The van der Waals surface area contributed by atoms with Crippen LogP contribution in [0.3, 0.4) is 0 Å². The van der Waals surface area contributed by atoms with Gasteiger partial charge < -0.3 is 0 Å². The number of hydrogen-bond acceptors (Lipinski definition) is 0. The Morgan fingerprint density at radius 1 is 0.818 bits per heavy atom. The Bertz CT molecular complexity index is 184. The molecule has 0 radical (unpaired) electrons. The average Bonchev–Trinajstić information content (AvgIpc) is 2.29. The second kappa shape index (κ2) is 2.67. The van der Waals surface area contributed by atoms with Crippen LogP contribution in [0.5, 0.6) is 0 Å². The predicted molar refractivity (Wildman–Crippen MR) is 49.2 cm³/mol. The summed E-state index contributed by atoms with van der Waals surface area (Å²) in [5.74, 6) is 0. The van der Waals surface area contributed by atoms with E-state index >= 15 is 0 Å². The highest BCUT2D eigenvalue weighted by molar-refractivity contribution is 6.56. The standard InChI is InChI=1S/C9H12Cl2/c10-9(11)7-5-3-1-2-4-6-8(7)9/h1-6H2. The highest BCUT2D eigenvalue weighted by Crippen LogP contribution is 2.58. The zero-order valence-corrected chi connectivity index (χ0v) is 8.01. The third-order valence-electron chi connectivity index (χ3n) is 2.66. The summed E-state index contributed by atoms with van der Waals surface area (Å²) in [6.07, 6.45) is 7.53. The lowest BCUT2D eigenvalue weighted by atomic mass is 10.1. The van der Waals surface area contributed by atoms with Gasteiger partial charge >= 0.3 is 0 Å². The fourth-order valence-corrected chi connectivity index (χ4v) is 2.64. The maximum absolute atomic E-state index is 6.05. The van der Waals surface area contributed by atoms with Gasteiger partial charge in [-0.15, -0.1) is 0 Å². The first-order chi connectivity index (χ1) is 5.23. The van der Waals surface area contributed by atoms with Crippen LogP contribution in [0, 0.1) is 0 Å². The molecule has 0 nitrogen and oxygen atoms in total. The topological polar surface area (TPSA) is 0 Å². The van der Waals surface area contributed by atoms with Crippen LogP contribution in [0.4, 0.5) is 0 Å². The van der Waals surface area contributed by atoms with Crippen molar-refractivity contribution in [1.29, 1.82) is 0 Å². The van der Waals surface area contributed by atoms with Crippen LogP contribution in [0.25, 0.3) is 0 Å². The molecule has 0 saturated carbocycles. The highest BCUT2D eigenvalue weighted by Gasteiger charge is 2.49. The summed E-state index contributed by atoms with van der Waals surface area (Å²) in [4.78, 5) is 0. The molecule has 0 heterocycles. The van der Waals surface area contributed by atoms with Crippen molar-refractivity contribution in [1.82, 2.24) is 0 Å². The van der Waals surface area contributed by atoms with Crippen LogP contribution in [-0.2, 0) is 0 Å². The van der Waals surface area contributed by atoms with E-state index in [1.807, 2.05) is 0 Å². The van der Waals surface area contributed by atoms with Gasteiger partial charge in [0, 0.05) is 0 Å². The van der Waals surface area contributed by atoms with Crippen molar-refractivity contribution in [3.8, 4) is 0 Å². The van der Waals surface area contributed by atoms with Gasteiger partial charge in [0.1, 0.15) is 0 Å². The van der Waals surface area contributed by atoms with E-state index in [4.69, 9.17) is 23.2 Å². The maximum atomic E-state index is 6.05. The van der Waals surface area contributed by atoms with E-state index in [1.54, 1.807) is 0 Å². The Kier molecular flexibility index (Phi) is 1.93. The molecule has 0 atom stereocenters. The van der Waals surface area contributed by atoms with Crippen LogP contribution in [0.2, 0.25) is 0 Å². The van der Waals surface area contributed by atoms with E-state index in [-0.39, 0.29) is 0 Å². The van der Waals surface area contributed by atoms with Crippen LogP contribution in [-0.4, -0.2) is 4.33 Å². The molecule has 0 aromatic carbocycles. The van der Waals surface area contributed by atoms with Gasteiger partial charge in [0.15, 0.2) is 4.33 Å². The lowest BCUT2D eigenvalue weighted by Crippen LogP contribution is -1.92. The molecule has 0 amide bonds. The van der Waals surface area contributed by atoms with E-state index in [9.17, 15) is 0 Å². The number of allylic oxidation sites excluding steroid dienone is 2. The van der Waals surface area contributed by atoms with E-state index in [2.05, 4.69) is 0 Å². The van der Waals surface area contributed by atoms with Crippen molar-refractivity contribution < 1.29 is 0 Å². The molecule has 0 spiro atoms. The van der Waals surface area contributed by atoms with Gasteiger partial charge in [0.25, 0.3) is 0 Å². The summed E-state index contributed by atoms with van der Waals surface area (Å²) in [6.45, 7) is 0. The molecule has 0 N–H and O–H groups in total. The molecule has 0 fully saturated rings. The van der Waals surface area contributed by atoms with E-state index in [0.29, 0.717) is 0 Å². The first-order valence-corrected chi connectivity index (χ1v) is 5.09. The van der Waals surface area contributed by atoms with Crippen LogP contribution >= 0.6 is 23.2 Å². The fourth-order valence-electron chi connectivity index (χ4n) is 1.90. The fraction of sp³-hybridized carbons (Fsp3) is 0.778. The molecule has 0 aromatic heterocycles. The third kappa shape index (κ3) is 1.31. The quantitative estimate of drug-likeness (QED) is 0.403. The Morgan fingerprint density at radius 2 is 1.27 bits per heavy atom. The van der Waals surface area contributed by atoms with Crippen molar-refractivity contribution in [3.05, 3.63) is 11.1 Å². The largest absolute Gasteiger partial charge is 0.160 e. The molecular weight excluding hydrogens is 179 g/mol. The summed E-state index contributed by atoms with van der Waals surface area (Å²) >= 11 is 12.1. The Labute approximate surface area is 77.6 Å². The van der Waals surface area contributed by atoms with Gasteiger partial charge in [-0.3, -0.25) is 0 Å². The van der Waals surface area contributed by atoms with Gasteiger partial charge in [0.05, 0.1) is 0 Å². The minimum atomic E-state index is -0.496. The zero-order chi connectivity index (χ0) is 7.90. The van der Waals surface area contributed by atoms with Crippen molar-refractivity contribution in [3.63, 3.8) is 0 Å². The van der Waals surface area contributed by atoms with Crippen LogP contribution in [0.1, 0.15) is 38.5 Å². The van der Waals surface area contributed by atoms with Crippen LogP contribution in [0.15, 0.2) is 11.1 Å². The number of halogens is 2. The first-order valence-electron chi connectivity index (χ1n) is 4.34.